The van der Waals surface area contributed by atoms with Crippen LogP contribution in [0.15, 0.2) is 42.9 Å². The van der Waals surface area contributed by atoms with Gasteiger partial charge in [-0.2, -0.15) is 0 Å². The highest BCUT2D eigenvalue weighted by molar-refractivity contribution is 5.57. The van der Waals surface area contributed by atoms with Crippen LogP contribution in [-0.2, 0) is 0 Å². The fraction of sp³-hybridized carbons (Fsp3) is 0.400. The van der Waals surface area contributed by atoms with Crippen LogP contribution in [0.4, 0.5) is 0 Å². The van der Waals surface area contributed by atoms with Crippen LogP contribution in [0.5, 0.6) is 0 Å². The SMILES string of the molecule is c1ccc(-c2cn(C3CCCCC3)cn2)cc1. The van der Waals surface area contributed by atoms with E-state index in [-0.39, 0.29) is 0 Å². The van der Waals surface area contributed by atoms with E-state index >= 15 is 0 Å². The molecule has 0 saturated heterocycles. The fourth-order valence-corrected chi connectivity index (χ4v) is 2.67. The van der Waals surface area contributed by atoms with E-state index in [1.807, 2.05) is 12.4 Å². The van der Waals surface area contributed by atoms with Gasteiger partial charge >= 0.3 is 0 Å². The van der Waals surface area contributed by atoms with Crippen LogP contribution in [0.1, 0.15) is 38.1 Å². The lowest BCUT2D eigenvalue weighted by atomic mass is 9.95. The molecule has 2 heteroatoms. The molecule has 0 amide bonds. The normalized spacial score (nSPS) is 17.2. The van der Waals surface area contributed by atoms with Crippen LogP contribution >= 0.6 is 0 Å². The average molecular weight is 226 g/mol. The molecule has 0 N–H and O–H groups in total. The molecule has 1 heterocycles. The van der Waals surface area contributed by atoms with Gasteiger partial charge in [-0.3, -0.25) is 0 Å². The summed E-state index contributed by atoms with van der Waals surface area (Å²) in [5.41, 5.74) is 2.30. The minimum absolute atomic E-state index is 0.675. The zero-order chi connectivity index (χ0) is 11.5. The van der Waals surface area contributed by atoms with Gasteiger partial charge in [0.25, 0.3) is 0 Å². The minimum Gasteiger partial charge on any atom is -0.334 e. The van der Waals surface area contributed by atoms with Gasteiger partial charge in [0.1, 0.15) is 0 Å². The zero-order valence-corrected chi connectivity index (χ0v) is 10.0. The van der Waals surface area contributed by atoms with E-state index in [2.05, 4.69) is 40.0 Å². The smallest absolute Gasteiger partial charge is 0.0956 e. The average Bonchev–Trinajstić information content (AvgIpc) is 2.90. The Bertz CT molecular complexity index is 467. The molecule has 0 aliphatic heterocycles. The summed E-state index contributed by atoms with van der Waals surface area (Å²) in [6, 6.07) is 11.1. The summed E-state index contributed by atoms with van der Waals surface area (Å²) in [4.78, 5) is 4.52. The molecule has 17 heavy (non-hydrogen) atoms. The Kier molecular flexibility index (Phi) is 2.95. The van der Waals surface area contributed by atoms with Crippen molar-refractivity contribution in [3.63, 3.8) is 0 Å². The number of nitrogens with zero attached hydrogens (tertiary/aromatic N) is 2. The molecule has 2 aromatic rings. The topological polar surface area (TPSA) is 17.8 Å². The monoisotopic (exact) mass is 226 g/mol. The van der Waals surface area contributed by atoms with E-state index in [1.54, 1.807) is 0 Å². The first-order chi connectivity index (χ1) is 8.43. The molecule has 2 nitrogen and oxygen atoms in total. The van der Waals surface area contributed by atoms with Crippen molar-refractivity contribution < 1.29 is 0 Å². The lowest BCUT2D eigenvalue weighted by Gasteiger charge is -2.22. The van der Waals surface area contributed by atoms with Crippen molar-refractivity contribution in [1.82, 2.24) is 9.55 Å². The Morgan fingerprint density at radius 2 is 1.76 bits per heavy atom. The first-order valence-electron chi connectivity index (χ1n) is 6.52. The van der Waals surface area contributed by atoms with E-state index < -0.39 is 0 Å². The Hall–Kier alpha value is -1.57. The standard InChI is InChI=1S/C15H18N2/c1-3-7-13(8-4-1)15-11-17(12-16-15)14-9-5-2-6-10-14/h1,3-4,7-8,11-12,14H,2,5-6,9-10H2. The minimum atomic E-state index is 0.675. The summed E-state index contributed by atoms with van der Waals surface area (Å²) in [5, 5.41) is 0. The van der Waals surface area contributed by atoms with Crippen molar-refractivity contribution in [1.29, 1.82) is 0 Å². The van der Waals surface area contributed by atoms with Gasteiger partial charge in [-0.05, 0) is 12.8 Å². The Labute approximate surface area is 102 Å². The number of aromatic nitrogens is 2. The van der Waals surface area contributed by atoms with Crippen molar-refractivity contribution in [2.45, 2.75) is 38.1 Å². The van der Waals surface area contributed by atoms with Crippen LogP contribution in [0.2, 0.25) is 0 Å². The van der Waals surface area contributed by atoms with Crippen molar-refractivity contribution in [2.75, 3.05) is 0 Å². The van der Waals surface area contributed by atoms with Crippen LogP contribution in [0, 0.1) is 0 Å². The number of benzene rings is 1. The van der Waals surface area contributed by atoms with Crippen molar-refractivity contribution in [2.24, 2.45) is 0 Å². The van der Waals surface area contributed by atoms with Crippen LogP contribution < -0.4 is 0 Å². The lowest BCUT2D eigenvalue weighted by Crippen LogP contribution is -2.10. The maximum absolute atomic E-state index is 4.52. The maximum atomic E-state index is 4.52. The molecular weight excluding hydrogens is 208 g/mol. The Morgan fingerprint density at radius 3 is 2.53 bits per heavy atom. The number of imidazole rings is 1. The van der Waals surface area contributed by atoms with Gasteiger partial charge in [-0.1, -0.05) is 49.6 Å². The summed E-state index contributed by atoms with van der Waals surface area (Å²) in [5.74, 6) is 0. The molecular formula is C15H18N2. The quantitative estimate of drug-likeness (QED) is 0.755. The van der Waals surface area contributed by atoms with Crippen LogP contribution in [0.3, 0.4) is 0 Å². The first-order valence-corrected chi connectivity index (χ1v) is 6.52. The second kappa shape index (κ2) is 4.74. The third-order valence-corrected chi connectivity index (χ3v) is 3.67. The molecule has 1 aromatic carbocycles. The predicted molar refractivity (Wildman–Crippen MR) is 69.8 cm³/mol. The van der Waals surface area contributed by atoms with E-state index in [1.165, 1.54) is 37.7 Å². The van der Waals surface area contributed by atoms with Crippen LogP contribution in [0.25, 0.3) is 11.3 Å². The second-order valence-electron chi connectivity index (χ2n) is 4.86. The predicted octanol–water partition coefficient (Wildman–Crippen LogP) is 4.06. The Balaban J connectivity index is 1.83. The summed E-state index contributed by atoms with van der Waals surface area (Å²) < 4.78 is 2.31. The molecule has 1 saturated carbocycles. The maximum Gasteiger partial charge on any atom is 0.0956 e. The summed E-state index contributed by atoms with van der Waals surface area (Å²) in [6.45, 7) is 0. The molecule has 0 radical (unpaired) electrons. The van der Waals surface area contributed by atoms with Gasteiger partial charge in [-0.15, -0.1) is 0 Å². The van der Waals surface area contributed by atoms with Gasteiger partial charge in [-0.25, -0.2) is 4.98 Å². The highest BCUT2D eigenvalue weighted by atomic mass is 15.1. The molecule has 0 bridgehead atoms. The zero-order valence-electron chi connectivity index (χ0n) is 10.0. The van der Waals surface area contributed by atoms with E-state index in [4.69, 9.17) is 0 Å². The molecule has 0 spiro atoms. The van der Waals surface area contributed by atoms with Gasteiger partial charge in [0.15, 0.2) is 0 Å². The van der Waals surface area contributed by atoms with Gasteiger partial charge in [0.05, 0.1) is 12.0 Å². The molecule has 88 valence electrons. The van der Waals surface area contributed by atoms with Crippen molar-refractivity contribution >= 4 is 0 Å². The van der Waals surface area contributed by atoms with E-state index in [9.17, 15) is 0 Å². The van der Waals surface area contributed by atoms with Crippen molar-refractivity contribution in [3.8, 4) is 11.3 Å². The van der Waals surface area contributed by atoms with E-state index in [0.717, 1.165) is 5.69 Å². The molecule has 0 atom stereocenters. The molecule has 3 rings (SSSR count). The molecule has 1 aliphatic carbocycles. The molecule has 1 fully saturated rings. The first kappa shape index (κ1) is 10.6. The summed E-state index contributed by atoms with van der Waals surface area (Å²) >= 11 is 0. The van der Waals surface area contributed by atoms with Crippen molar-refractivity contribution in [3.05, 3.63) is 42.9 Å². The highest BCUT2D eigenvalue weighted by Gasteiger charge is 2.15. The highest BCUT2D eigenvalue weighted by Crippen LogP contribution is 2.29. The van der Waals surface area contributed by atoms with Gasteiger partial charge < -0.3 is 4.57 Å². The lowest BCUT2D eigenvalue weighted by molar-refractivity contribution is 0.353. The third-order valence-electron chi connectivity index (χ3n) is 3.67. The Morgan fingerprint density at radius 1 is 1.00 bits per heavy atom. The fourth-order valence-electron chi connectivity index (χ4n) is 2.67. The number of hydrogen-bond acceptors (Lipinski definition) is 1. The van der Waals surface area contributed by atoms with Gasteiger partial charge in [0, 0.05) is 17.8 Å². The number of hydrogen-bond donors (Lipinski definition) is 0. The summed E-state index contributed by atoms with van der Waals surface area (Å²) in [6.07, 6.45) is 10.9. The molecule has 1 aromatic heterocycles. The number of rotatable bonds is 2. The molecule has 0 unspecified atom stereocenters. The van der Waals surface area contributed by atoms with Gasteiger partial charge in [0.2, 0.25) is 0 Å². The molecule has 1 aliphatic rings. The summed E-state index contributed by atoms with van der Waals surface area (Å²) in [7, 11) is 0. The third kappa shape index (κ3) is 2.26. The largest absolute Gasteiger partial charge is 0.334 e. The van der Waals surface area contributed by atoms with E-state index in [0.29, 0.717) is 6.04 Å². The van der Waals surface area contributed by atoms with Crippen LogP contribution in [-0.4, -0.2) is 9.55 Å². The second-order valence-corrected chi connectivity index (χ2v) is 4.86.